The highest BCUT2D eigenvalue weighted by Gasteiger charge is 2.27. The third-order valence-corrected chi connectivity index (χ3v) is 8.00. The molecule has 1 aromatic heterocycles. The van der Waals surface area contributed by atoms with E-state index in [1.807, 2.05) is 57.3 Å². The van der Waals surface area contributed by atoms with E-state index >= 15 is 0 Å². The van der Waals surface area contributed by atoms with Crippen LogP contribution in [0.1, 0.15) is 34.5 Å². The van der Waals surface area contributed by atoms with Crippen LogP contribution in [0.5, 0.6) is 0 Å². The molecule has 1 heterocycles. The first-order chi connectivity index (χ1) is 14.9. The second-order valence-electron chi connectivity index (χ2n) is 7.56. The summed E-state index contributed by atoms with van der Waals surface area (Å²) >= 11 is -1.98. The number of benzene rings is 2. The summed E-state index contributed by atoms with van der Waals surface area (Å²) in [6.45, 7) is 3.90. The molecule has 0 spiro atoms. The van der Waals surface area contributed by atoms with Gasteiger partial charge in [0.2, 0.25) is 4.90 Å². The summed E-state index contributed by atoms with van der Waals surface area (Å²) in [7, 11) is 1.89. The number of rotatable bonds is 6. The first-order valence-corrected chi connectivity index (χ1v) is 12.6. The van der Waals surface area contributed by atoms with E-state index < -0.39 is 22.5 Å². The maximum absolute atomic E-state index is 10.9. The van der Waals surface area contributed by atoms with Gasteiger partial charge < -0.3 is 0 Å². The summed E-state index contributed by atoms with van der Waals surface area (Å²) < 4.78 is 26.5. The minimum Gasteiger partial charge on any atom is -0.270 e. The van der Waals surface area contributed by atoms with Crippen LogP contribution in [-0.4, -0.2) is 18.9 Å². The monoisotopic (exact) mass is 453 g/mol. The highest BCUT2D eigenvalue weighted by molar-refractivity contribution is 7.94. The van der Waals surface area contributed by atoms with Crippen LogP contribution >= 0.6 is 0 Å². The fourth-order valence-corrected chi connectivity index (χ4v) is 5.78. The van der Waals surface area contributed by atoms with Crippen molar-refractivity contribution in [2.75, 3.05) is 4.72 Å². The lowest BCUT2D eigenvalue weighted by Gasteiger charge is -2.05. The summed E-state index contributed by atoms with van der Waals surface area (Å²) in [6, 6.07) is 16.0. The van der Waals surface area contributed by atoms with Crippen molar-refractivity contribution in [1.82, 2.24) is 9.78 Å². The van der Waals surface area contributed by atoms with E-state index in [-0.39, 0.29) is 0 Å². The van der Waals surface area contributed by atoms with Gasteiger partial charge in [-0.15, -0.1) is 0 Å². The van der Waals surface area contributed by atoms with E-state index in [0.29, 0.717) is 5.75 Å². The molecule has 0 radical (unpaired) electrons. The number of nitrogens with zero attached hydrogens (tertiary/aromatic N) is 2. The van der Waals surface area contributed by atoms with Gasteiger partial charge >= 0.3 is 11.4 Å². The molecule has 0 fully saturated rings. The average molecular weight is 454 g/mol. The zero-order valence-corrected chi connectivity index (χ0v) is 19.5. The number of anilines is 1. The first-order valence-electron chi connectivity index (χ1n) is 10.1. The lowest BCUT2D eigenvalue weighted by molar-refractivity contribution is 0.643. The number of fused-ring (bicyclic) bond motifs is 1. The van der Waals surface area contributed by atoms with Crippen molar-refractivity contribution in [1.29, 1.82) is 0 Å². The Morgan fingerprint density at radius 1 is 1.03 bits per heavy atom. The van der Waals surface area contributed by atoms with Crippen LogP contribution in [0, 0.1) is 13.8 Å². The molecule has 1 aliphatic carbocycles. The molecule has 4 rings (SSSR count). The molecule has 1 aliphatic rings. The summed E-state index contributed by atoms with van der Waals surface area (Å²) in [5, 5.41) is 4.38. The van der Waals surface area contributed by atoms with Crippen molar-refractivity contribution < 1.29 is 9.11 Å². The minimum atomic E-state index is -1.13. The second kappa shape index (κ2) is 9.36. The van der Waals surface area contributed by atoms with Crippen LogP contribution in [0.25, 0.3) is 12.2 Å². The molecular weight excluding hydrogens is 426 g/mol. The van der Waals surface area contributed by atoms with Crippen molar-refractivity contribution >= 4 is 40.4 Å². The topological polar surface area (TPSA) is 70.3 Å². The van der Waals surface area contributed by atoms with E-state index in [9.17, 15) is 9.11 Å². The zero-order chi connectivity index (χ0) is 22.0. The molecular formula is C24H27N3O2S2+2. The molecule has 3 N–H and O–H groups in total. The van der Waals surface area contributed by atoms with Crippen molar-refractivity contribution in [2.45, 2.75) is 30.9 Å². The Balaban J connectivity index is 1.44. The van der Waals surface area contributed by atoms with Gasteiger partial charge in [-0.1, -0.05) is 36.4 Å². The van der Waals surface area contributed by atoms with Gasteiger partial charge in [0.15, 0.2) is 21.8 Å². The van der Waals surface area contributed by atoms with Gasteiger partial charge in [-0.3, -0.25) is 4.68 Å². The molecule has 3 aromatic rings. The number of allylic oxidation sites excluding steroid dienone is 2. The van der Waals surface area contributed by atoms with Crippen molar-refractivity contribution in [3.05, 3.63) is 87.6 Å². The molecule has 5 nitrogen and oxygen atoms in total. The maximum atomic E-state index is 10.9. The van der Waals surface area contributed by atoms with E-state index in [2.05, 4.69) is 40.2 Å². The SMILES string of the molecule is Cc1nn(C)c(C)c1N[S+](O)c1ccc(C[S+](O)C2=Cc3ccccc3C=CC2)cc1. The third kappa shape index (κ3) is 4.91. The number of hydrogen-bond acceptors (Lipinski definition) is 4. The van der Waals surface area contributed by atoms with Crippen LogP contribution in [0.3, 0.4) is 0 Å². The number of nitrogens with one attached hydrogen (secondary N) is 1. The largest absolute Gasteiger partial charge is 0.303 e. The summed E-state index contributed by atoms with van der Waals surface area (Å²) in [5.41, 5.74) is 6.08. The van der Waals surface area contributed by atoms with Crippen LogP contribution in [0.4, 0.5) is 5.69 Å². The Labute approximate surface area is 189 Å². The van der Waals surface area contributed by atoms with Crippen molar-refractivity contribution in [3.63, 3.8) is 0 Å². The smallest absolute Gasteiger partial charge is 0.270 e. The molecule has 2 atom stereocenters. The summed E-state index contributed by atoms with van der Waals surface area (Å²) in [6.07, 6.45) is 7.09. The molecule has 2 aromatic carbocycles. The van der Waals surface area contributed by atoms with Crippen molar-refractivity contribution in [3.8, 4) is 0 Å². The van der Waals surface area contributed by atoms with Crippen LogP contribution in [0.15, 0.2) is 64.4 Å². The van der Waals surface area contributed by atoms with Gasteiger partial charge in [0.05, 0.1) is 11.4 Å². The molecule has 0 saturated heterocycles. The second-order valence-corrected chi connectivity index (χ2v) is 10.3. The minimum absolute atomic E-state index is 0.565. The van der Waals surface area contributed by atoms with Gasteiger partial charge in [-0.05, 0) is 49.2 Å². The Morgan fingerprint density at radius 2 is 1.74 bits per heavy atom. The standard InChI is InChI=1S/C24H27N3O2S2/c1-17-24(18(2)27(3)25-17)26-31(29)22-13-11-19(12-14-22)16-30(28)23-10-6-9-20-7-4-5-8-21(20)15-23/h4-9,11-15,26,28-29H,10,16H2,1-3H3/q+2. The lowest BCUT2D eigenvalue weighted by atomic mass is 10.1. The number of hydrogen-bond donors (Lipinski definition) is 3. The Hall–Kier alpha value is -2.45. The first kappa shape index (κ1) is 21.8. The molecule has 0 aliphatic heterocycles. The molecule has 0 bridgehead atoms. The maximum Gasteiger partial charge on any atom is 0.303 e. The Morgan fingerprint density at radius 3 is 2.42 bits per heavy atom. The fraction of sp³-hybridized carbons (Fsp3) is 0.208. The van der Waals surface area contributed by atoms with Gasteiger partial charge in [-0.25, -0.2) is 0 Å². The molecule has 0 saturated carbocycles. The highest BCUT2D eigenvalue weighted by atomic mass is 32.2. The Kier molecular flexibility index (Phi) is 6.57. The predicted octanol–water partition coefficient (Wildman–Crippen LogP) is 5.56. The summed E-state index contributed by atoms with van der Waals surface area (Å²) in [5.74, 6) is 0.565. The van der Waals surface area contributed by atoms with Gasteiger partial charge in [0.1, 0.15) is 5.69 Å². The van der Waals surface area contributed by atoms with E-state index in [4.69, 9.17) is 0 Å². The van der Waals surface area contributed by atoms with Crippen LogP contribution < -0.4 is 4.72 Å². The van der Waals surface area contributed by atoms with E-state index in [0.717, 1.165) is 44.4 Å². The van der Waals surface area contributed by atoms with E-state index in [1.165, 1.54) is 5.56 Å². The Bertz CT molecular complexity index is 1140. The molecule has 160 valence electrons. The van der Waals surface area contributed by atoms with Gasteiger partial charge in [0, 0.05) is 25.1 Å². The molecule has 31 heavy (non-hydrogen) atoms. The predicted molar refractivity (Wildman–Crippen MR) is 133 cm³/mol. The number of aryl methyl sites for hydroxylation is 2. The number of aromatic nitrogens is 2. The zero-order valence-electron chi connectivity index (χ0n) is 17.9. The summed E-state index contributed by atoms with van der Waals surface area (Å²) in [4.78, 5) is 1.84. The van der Waals surface area contributed by atoms with Crippen LogP contribution in [0.2, 0.25) is 0 Å². The quantitative estimate of drug-likeness (QED) is 0.427. The lowest BCUT2D eigenvalue weighted by Crippen LogP contribution is -2.14. The normalized spacial score (nSPS) is 15.1. The average Bonchev–Trinajstić information content (AvgIpc) is 2.93. The highest BCUT2D eigenvalue weighted by Crippen LogP contribution is 2.27. The van der Waals surface area contributed by atoms with Crippen molar-refractivity contribution in [2.24, 2.45) is 7.05 Å². The molecule has 2 unspecified atom stereocenters. The fourth-order valence-electron chi connectivity index (χ4n) is 3.53. The van der Waals surface area contributed by atoms with Gasteiger partial charge in [-0.2, -0.15) is 18.9 Å². The van der Waals surface area contributed by atoms with Gasteiger partial charge in [0.25, 0.3) is 0 Å². The third-order valence-electron chi connectivity index (χ3n) is 5.39. The molecule has 7 heteroatoms. The van der Waals surface area contributed by atoms with Crippen LogP contribution in [-0.2, 0) is 35.3 Å². The molecule has 0 amide bonds. The van der Waals surface area contributed by atoms with E-state index in [1.54, 1.807) is 4.68 Å².